The van der Waals surface area contributed by atoms with Crippen LogP contribution in [0.15, 0.2) is 103 Å². The molecule has 560 valence electrons. The van der Waals surface area contributed by atoms with E-state index in [1.165, 1.54) is 28.4 Å². The van der Waals surface area contributed by atoms with Crippen LogP contribution in [-0.4, -0.2) is 192 Å². The second kappa shape index (κ2) is 39.7. The fourth-order valence-corrected chi connectivity index (χ4v) is 13.3. The lowest BCUT2D eigenvalue weighted by Crippen LogP contribution is -2.47. The lowest BCUT2D eigenvalue weighted by atomic mass is 9.88. The number of unbranched alkanes of at least 4 members (excludes halogenated alkanes) is 1. The molecule has 0 spiro atoms. The number of thioether (sulfide) groups is 1. The number of alkyl carbamates (subject to hydrolysis) is 1. The molecule has 5 aromatic carbocycles. The first-order chi connectivity index (χ1) is 50.4. The van der Waals surface area contributed by atoms with Gasteiger partial charge in [0, 0.05) is 60.5 Å². The number of carbonyl (C=O) groups excluding carboxylic acids is 7. The van der Waals surface area contributed by atoms with Crippen LogP contribution in [0.2, 0.25) is 0 Å². The summed E-state index contributed by atoms with van der Waals surface area (Å²) >= 11 is 1.89. The van der Waals surface area contributed by atoms with Crippen molar-refractivity contribution in [3.8, 4) is 46.0 Å². The summed E-state index contributed by atoms with van der Waals surface area (Å²) in [5, 5.41) is 26.2. The van der Waals surface area contributed by atoms with Gasteiger partial charge in [-0.25, -0.2) is 14.3 Å². The second-order valence-corrected chi connectivity index (χ2v) is 27.1. The van der Waals surface area contributed by atoms with Gasteiger partial charge < -0.3 is 88.7 Å². The summed E-state index contributed by atoms with van der Waals surface area (Å²) < 4.78 is 70.0. The zero-order valence-electron chi connectivity index (χ0n) is 60.0. The van der Waals surface area contributed by atoms with E-state index in [0.29, 0.717) is 159 Å². The average Bonchev–Trinajstić information content (AvgIpc) is 1.01. The number of hydrogen-bond donors (Lipinski definition) is 6. The molecule has 6 aromatic rings. The Bertz CT molecular complexity index is 3820. The number of ketones is 2. The molecule has 0 saturated carbocycles. The second-order valence-electron chi connectivity index (χ2n) is 25.9. The van der Waals surface area contributed by atoms with Crippen LogP contribution in [0.3, 0.4) is 0 Å². The minimum Gasteiger partial charge on any atom is -0.495 e. The summed E-state index contributed by atoms with van der Waals surface area (Å²) in [6.07, 6.45) is 5.82. The lowest BCUT2D eigenvalue weighted by molar-refractivity contribution is -0.122. The van der Waals surface area contributed by atoms with Crippen LogP contribution in [0.5, 0.6) is 46.0 Å². The van der Waals surface area contributed by atoms with Crippen molar-refractivity contribution in [2.45, 2.75) is 121 Å². The molecule has 6 N–H and O–H groups in total. The first kappa shape index (κ1) is 78.3. The monoisotopic (exact) mass is 1460 g/mol. The number of nitrogens with zero attached hydrogens (tertiary/aromatic N) is 3. The quantitative estimate of drug-likeness (QED) is 0.0119. The zero-order valence-corrected chi connectivity index (χ0v) is 60.8. The van der Waals surface area contributed by atoms with Gasteiger partial charge in [0.2, 0.25) is 23.5 Å². The Balaban J connectivity index is 0.598. The maximum atomic E-state index is 14.2. The SMILES string of the molecule is COc1ccc(CC2COc3cc(OC)c(OC)c(OC)c3C2=O)cc1NC(=O)[C@H](Cc1ccc(OCCCC(=O)NCCCOc2ccc(C(=O)c3ccc(OCc4cn(CCOCCOCCOCCNC(=O)CCCC[C@@H]5SC[C@@H]6NC(=O)N[C@@H]65)nn4)cc3)cc2)cc1)NC(=O)OC(C)(C)C. The zero-order chi connectivity index (χ0) is 73.8. The van der Waals surface area contributed by atoms with Crippen LogP contribution in [0.25, 0.3) is 0 Å². The number of urea groups is 1. The highest BCUT2D eigenvalue weighted by Crippen LogP contribution is 2.48. The van der Waals surface area contributed by atoms with Crippen molar-refractivity contribution in [1.82, 2.24) is 41.6 Å². The number of benzene rings is 5. The topological polar surface area (TPSA) is 333 Å². The smallest absolute Gasteiger partial charge is 0.408 e. The Morgan fingerprint density at radius 3 is 1.96 bits per heavy atom. The number of aromatic nitrogens is 3. The number of anilines is 1. The number of carbonyl (C=O) groups is 7. The molecule has 9 rings (SSSR count). The molecule has 5 atom stereocenters. The molecule has 0 bridgehead atoms. The van der Waals surface area contributed by atoms with Crippen LogP contribution in [0.4, 0.5) is 15.3 Å². The molecule has 2 saturated heterocycles. The van der Waals surface area contributed by atoms with Crippen molar-refractivity contribution in [2.24, 2.45) is 5.92 Å². The Morgan fingerprint density at radius 2 is 1.29 bits per heavy atom. The minimum atomic E-state index is -1.10. The molecule has 3 aliphatic heterocycles. The Labute approximate surface area is 609 Å². The molecular formula is C75H95N9O19S. The number of rotatable bonds is 43. The summed E-state index contributed by atoms with van der Waals surface area (Å²) in [6.45, 7) is 9.88. The van der Waals surface area contributed by atoms with E-state index in [1.54, 1.807) is 129 Å². The van der Waals surface area contributed by atoms with E-state index in [2.05, 4.69) is 42.2 Å². The van der Waals surface area contributed by atoms with E-state index in [1.807, 2.05) is 11.8 Å². The van der Waals surface area contributed by atoms with Crippen molar-refractivity contribution in [3.05, 3.63) is 137 Å². The molecule has 0 radical (unpaired) electrons. The Kier molecular flexibility index (Phi) is 29.9. The average molecular weight is 1460 g/mol. The highest BCUT2D eigenvalue weighted by Gasteiger charge is 2.43. The third-order valence-corrected chi connectivity index (χ3v) is 18.5. The number of methoxy groups -OCH3 is 4. The summed E-state index contributed by atoms with van der Waals surface area (Å²) in [5.41, 5.74) is 2.77. The van der Waals surface area contributed by atoms with E-state index >= 15 is 0 Å². The summed E-state index contributed by atoms with van der Waals surface area (Å²) in [7, 11) is 5.85. The van der Waals surface area contributed by atoms with Crippen molar-refractivity contribution in [3.63, 3.8) is 0 Å². The number of fused-ring (bicyclic) bond motifs is 2. The molecule has 104 heavy (non-hydrogen) atoms. The van der Waals surface area contributed by atoms with Crippen molar-refractivity contribution >= 4 is 58.9 Å². The first-order valence-electron chi connectivity index (χ1n) is 34.9. The highest BCUT2D eigenvalue weighted by molar-refractivity contribution is 8.00. The molecular weight excluding hydrogens is 1360 g/mol. The first-order valence-corrected chi connectivity index (χ1v) is 36.0. The summed E-state index contributed by atoms with van der Waals surface area (Å²) in [4.78, 5) is 91.1. The molecule has 28 nitrogen and oxygen atoms in total. The molecule has 1 aromatic heterocycles. The number of hydrogen-bond acceptors (Lipinski definition) is 22. The van der Waals surface area contributed by atoms with Gasteiger partial charge in [-0.15, -0.1) is 5.10 Å². The molecule has 6 amide bonds. The largest absolute Gasteiger partial charge is 0.495 e. The van der Waals surface area contributed by atoms with Crippen LogP contribution in [-0.2, 0) is 59.3 Å². The van der Waals surface area contributed by atoms with Gasteiger partial charge >= 0.3 is 12.1 Å². The third kappa shape index (κ3) is 23.9. The van der Waals surface area contributed by atoms with Crippen LogP contribution < -0.4 is 69.8 Å². The standard InChI is InChI=1S/C75H95N9O19S/c1-75(2,3)103-74(91)80-58(72(89)78-57-42-49(17-28-60(57)92-4)40-52-45-102-61-43-62(93-5)70(94-6)71(95-7)66(61)69(52)88)41-48-15-22-54(23-16-48)99-32-10-14-65(86)76-29-11-33-100-55-24-18-50(19-25-55)68(87)51-20-26-56(27-21-51)101-46-53-44-84(83-82-53)31-35-97-37-39-98-38-36-96-34-30-77-64(85)13-9-8-12-63-67-59(47-104-63)79-73(90)81-67/h15-28,42-44,52,58-59,63,67H,8-14,29-41,45-47H2,1-7H3,(H,76,86)(H,77,85)(H,78,89)(H,80,91)(H2,79,81,90)/t52?,58-,59-,63-,67-/m0/s1. The number of ether oxygens (including phenoxy) is 12. The maximum Gasteiger partial charge on any atom is 0.408 e. The van der Waals surface area contributed by atoms with Crippen LogP contribution >= 0.6 is 11.8 Å². The van der Waals surface area contributed by atoms with E-state index in [0.717, 1.165) is 25.0 Å². The number of amides is 6. The fourth-order valence-electron chi connectivity index (χ4n) is 11.8. The van der Waals surface area contributed by atoms with Gasteiger partial charge in [-0.3, -0.25) is 24.0 Å². The number of nitrogens with one attached hydrogen (secondary N) is 6. The molecule has 4 heterocycles. The Morgan fingerprint density at radius 1 is 0.663 bits per heavy atom. The molecule has 1 unspecified atom stereocenters. The van der Waals surface area contributed by atoms with E-state index in [9.17, 15) is 33.6 Å². The van der Waals surface area contributed by atoms with Gasteiger partial charge in [0.05, 0.1) is 124 Å². The summed E-state index contributed by atoms with van der Waals surface area (Å²) in [6, 6.07) is 26.9. The molecule has 29 heteroatoms. The highest BCUT2D eigenvalue weighted by atomic mass is 32.2. The third-order valence-electron chi connectivity index (χ3n) is 17.0. The van der Waals surface area contributed by atoms with E-state index in [4.69, 9.17) is 56.8 Å². The van der Waals surface area contributed by atoms with Crippen LogP contribution in [0.1, 0.15) is 109 Å². The van der Waals surface area contributed by atoms with Gasteiger partial charge in [0.15, 0.2) is 23.1 Å². The maximum absolute atomic E-state index is 14.2. The van der Waals surface area contributed by atoms with Gasteiger partial charge in [-0.1, -0.05) is 29.8 Å². The molecule has 2 fully saturated rings. The van der Waals surface area contributed by atoms with Gasteiger partial charge in [-0.05, 0) is 137 Å². The predicted octanol–water partition coefficient (Wildman–Crippen LogP) is 8.27. The summed E-state index contributed by atoms with van der Waals surface area (Å²) in [5.74, 6) is 2.53. The van der Waals surface area contributed by atoms with Crippen LogP contribution in [0, 0.1) is 5.92 Å². The van der Waals surface area contributed by atoms with E-state index in [-0.39, 0.29) is 97.6 Å². The lowest BCUT2D eigenvalue weighted by Gasteiger charge is -2.27. The van der Waals surface area contributed by atoms with Gasteiger partial charge in [0.25, 0.3) is 0 Å². The predicted molar refractivity (Wildman–Crippen MR) is 386 cm³/mol. The van der Waals surface area contributed by atoms with Gasteiger partial charge in [0.1, 0.15) is 58.3 Å². The molecule has 3 aliphatic rings. The fraction of sp³-hybridized carbons (Fsp3) is 0.480. The Hall–Kier alpha value is -9.84. The van der Waals surface area contributed by atoms with E-state index < -0.39 is 29.6 Å². The normalized spacial score (nSPS) is 16.1. The van der Waals surface area contributed by atoms with Crippen molar-refractivity contribution < 1.29 is 90.4 Å². The van der Waals surface area contributed by atoms with Gasteiger partial charge in [-0.2, -0.15) is 11.8 Å². The van der Waals surface area contributed by atoms with Crippen molar-refractivity contribution in [2.75, 3.05) is 112 Å². The minimum absolute atomic E-state index is 0.0161. The number of Topliss-reactive ketones (excluding diaryl/α,β-unsaturated/α-hetero) is 1. The molecule has 0 aliphatic carbocycles. The van der Waals surface area contributed by atoms with Crippen molar-refractivity contribution in [1.29, 1.82) is 0 Å².